The molecule has 2 nitrogen and oxygen atoms in total. The smallest absolute Gasteiger partial charge is 0.119 e. The van der Waals surface area contributed by atoms with Gasteiger partial charge in [-0.2, -0.15) is 0 Å². The monoisotopic (exact) mass is 255 g/mol. The third-order valence-electron chi connectivity index (χ3n) is 3.37. The van der Waals surface area contributed by atoms with E-state index in [1.807, 2.05) is 19.2 Å². The lowest BCUT2D eigenvalue weighted by Gasteiger charge is -2.17. The van der Waals surface area contributed by atoms with E-state index < -0.39 is 0 Å². The largest absolute Gasteiger partial charge is 0.497 e. The Bertz CT molecular complexity index is 536. The molecule has 0 aromatic heterocycles. The number of benzene rings is 2. The van der Waals surface area contributed by atoms with E-state index >= 15 is 0 Å². The van der Waals surface area contributed by atoms with Gasteiger partial charge in [-0.3, -0.25) is 0 Å². The molecular formula is C17H21NO. The highest BCUT2D eigenvalue weighted by Gasteiger charge is 2.10. The highest BCUT2D eigenvalue weighted by atomic mass is 16.5. The zero-order valence-corrected chi connectivity index (χ0v) is 11.8. The Hall–Kier alpha value is -1.80. The first-order valence-corrected chi connectivity index (χ1v) is 6.59. The van der Waals surface area contributed by atoms with Crippen LogP contribution in [0.2, 0.25) is 0 Å². The summed E-state index contributed by atoms with van der Waals surface area (Å²) in [4.78, 5) is 0. The maximum absolute atomic E-state index is 5.27. The van der Waals surface area contributed by atoms with Crippen LogP contribution in [-0.4, -0.2) is 14.2 Å². The quantitative estimate of drug-likeness (QED) is 0.883. The molecule has 0 aliphatic carbocycles. The van der Waals surface area contributed by atoms with Gasteiger partial charge in [0.15, 0.2) is 0 Å². The molecule has 0 radical (unpaired) electrons. The van der Waals surface area contributed by atoms with Crippen LogP contribution in [0.15, 0.2) is 48.5 Å². The summed E-state index contributed by atoms with van der Waals surface area (Å²) in [5.74, 6) is 0.914. The molecule has 1 unspecified atom stereocenters. The molecule has 2 aromatic rings. The first-order chi connectivity index (χ1) is 9.22. The van der Waals surface area contributed by atoms with Crippen molar-refractivity contribution in [3.8, 4) is 5.75 Å². The van der Waals surface area contributed by atoms with E-state index in [0.29, 0.717) is 6.04 Å². The van der Waals surface area contributed by atoms with E-state index in [0.717, 1.165) is 12.2 Å². The minimum Gasteiger partial charge on any atom is -0.497 e. The zero-order valence-electron chi connectivity index (χ0n) is 11.8. The summed E-state index contributed by atoms with van der Waals surface area (Å²) in [5, 5.41) is 3.39. The van der Waals surface area contributed by atoms with Gasteiger partial charge in [-0.25, -0.2) is 0 Å². The van der Waals surface area contributed by atoms with Crippen molar-refractivity contribution in [1.29, 1.82) is 0 Å². The molecule has 0 bridgehead atoms. The van der Waals surface area contributed by atoms with E-state index in [1.165, 1.54) is 16.7 Å². The highest BCUT2D eigenvalue weighted by molar-refractivity contribution is 5.31. The Balaban J connectivity index is 2.18. The molecule has 0 spiro atoms. The van der Waals surface area contributed by atoms with Gasteiger partial charge in [-0.15, -0.1) is 0 Å². The van der Waals surface area contributed by atoms with Crippen molar-refractivity contribution in [3.05, 3.63) is 65.2 Å². The number of aryl methyl sites for hydroxylation is 1. The van der Waals surface area contributed by atoms with Crippen molar-refractivity contribution in [2.45, 2.75) is 19.4 Å². The standard InChI is InChI=1S/C17H21NO/c1-13-6-4-8-15(10-13)17(18-2)12-14-7-5-9-16(11-14)19-3/h4-11,17-18H,12H2,1-3H3. The minimum absolute atomic E-state index is 0.326. The second-order valence-electron chi connectivity index (χ2n) is 4.81. The Morgan fingerprint density at radius 2 is 1.89 bits per heavy atom. The van der Waals surface area contributed by atoms with Crippen molar-refractivity contribution in [3.63, 3.8) is 0 Å². The number of rotatable bonds is 5. The fourth-order valence-electron chi connectivity index (χ4n) is 2.31. The van der Waals surface area contributed by atoms with Crippen molar-refractivity contribution >= 4 is 0 Å². The lowest BCUT2D eigenvalue weighted by atomic mass is 9.97. The molecule has 0 aliphatic rings. The Morgan fingerprint density at radius 3 is 2.58 bits per heavy atom. The van der Waals surface area contributed by atoms with Gasteiger partial charge in [0, 0.05) is 6.04 Å². The maximum atomic E-state index is 5.27. The molecule has 0 aliphatic heterocycles. The molecule has 2 rings (SSSR count). The van der Waals surface area contributed by atoms with Crippen LogP contribution in [-0.2, 0) is 6.42 Å². The summed E-state index contributed by atoms with van der Waals surface area (Å²) in [6.07, 6.45) is 0.956. The fraction of sp³-hybridized carbons (Fsp3) is 0.294. The van der Waals surface area contributed by atoms with Crippen LogP contribution < -0.4 is 10.1 Å². The van der Waals surface area contributed by atoms with Crippen LogP contribution in [0.5, 0.6) is 5.75 Å². The van der Waals surface area contributed by atoms with Crippen molar-refractivity contribution in [2.75, 3.05) is 14.2 Å². The molecule has 19 heavy (non-hydrogen) atoms. The first kappa shape index (κ1) is 13.6. The lowest BCUT2D eigenvalue weighted by Crippen LogP contribution is -2.18. The highest BCUT2D eigenvalue weighted by Crippen LogP contribution is 2.21. The van der Waals surface area contributed by atoms with Crippen molar-refractivity contribution in [2.24, 2.45) is 0 Å². The van der Waals surface area contributed by atoms with Gasteiger partial charge in [0.2, 0.25) is 0 Å². The molecule has 1 atom stereocenters. The van der Waals surface area contributed by atoms with Gasteiger partial charge in [-0.1, -0.05) is 42.0 Å². The summed E-state index contributed by atoms with van der Waals surface area (Å²) in [7, 11) is 3.71. The molecule has 0 fully saturated rings. The SMILES string of the molecule is CNC(Cc1cccc(OC)c1)c1cccc(C)c1. The van der Waals surface area contributed by atoms with E-state index in [4.69, 9.17) is 4.74 Å². The third kappa shape index (κ3) is 3.58. The topological polar surface area (TPSA) is 21.3 Å². The minimum atomic E-state index is 0.326. The molecule has 0 heterocycles. The van der Waals surface area contributed by atoms with Gasteiger partial charge in [0.25, 0.3) is 0 Å². The summed E-state index contributed by atoms with van der Waals surface area (Å²) in [5.41, 5.74) is 3.90. The average Bonchev–Trinajstić information content (AvgIpc) is 2.45. The third-order valence-corrected chi connectivity index (χ3v) is 3.37. The zero-order chi connectivity index (χ0) is 13.7. The molecule has 0 saturated heterocycles. The fourth-order valence-corrected chi connectivity index (χ4v) is 2.31. The average molecular weight is 255 g/mol. The summed E-state index contributed by atoms with van der Waals surface area (Å²) in [6.45, 7) is 2.13. The number of likely N-dealkylation sites (N-methyl/N-ethyl adjacent to an activating group) is 1. The van der Waals surface area contributed by atoms with Crippen LogP contribution in [0.1, 0.15) is 22.7 Å². The Morgan fingerprint density at radius 1 is 1.11 bits per heavy atom. The van der Waals surface area contributed by atoms with Gasteiger partial charge >= 0.3 is 0 Å². The number of ether oxygens (including phenoxy) is 1. The van der Waals surface area contributed by atoms with Gasteiger partial charge < -0.3 is 10.1 Å². The van der Waals surface area contributed by atoms with Crippen LogP contribution in [0, 0.1) is 6.92 Å². The number of hydrogen-bond donors (Lipinski definition) is 1. The molecule has 2 aromatic carbocycles. The summed E-state index contributed by atoms with van der Waals surface area (Å²) in [6, 6.07) is 17.2. The molecule has 2 heteroatoms. The second-order valence-corrected chi connectivity index (χ2v) is 4.81. The van der Waals surface area contributed by atoms with Gasteiger partial charge in [-0.05, 0) is 43.7 Å². The van der Waals surface area contributed by atoms with Gasteiger partial charge in [0.1, 0.15) is 5.75 Å². The molecule has 1 N–H and O–H groups in total. The summed E-state index contributed by atoms with van der Waals surface area (Å²) < 4.78 is 5.27. The van der Waals surface area contributed by atoms with Crippen molar-refractivity contribution < 1.29 is 4.74 Å². The molecule has 100 valence electrons. The van der Waals surface area contributed by atoms with E-state index in [2.05, 4.69) is 48.6 Å². The predicted molar refractivity (Wildman–Crippen MR) is 79.7 cm³/mol. The van der Waals surface area contributed by atoms with E-state index in [-0.39, 0.29) is 0 Å². The number of hydrogen-bond acceptors (Lipinski definition) is 2. The predicted octanol–water partition coefficient (Wildman–Crippen LogP) is 3.51. The molecular weight excluding hydrogens is 234 g/mol. The van der Waals surface area contributed by atoms with Crippen molar-refractivity contribution in [1.82, 2.24) is 5.32 Å². The normalized spacial score (nSPS) is 12.2. The van der Waals surface area contributed by atoms with Crippen LogP contribution in [0.25, 0.3) is 0 Å². The summed E-state index contributed by atoms with van der Waals surface area (Å²) >= 11 is 0. The molecule has 0 saturated carbocycles. The maximum Gasteiger partial charge on any atom is 0.119 e. The van der Waals surface area contributed by atoms with Crippen LogP contribution in [0.4, 0.5) is 0 Å². The number of nitrogens with one attached hydrogen (secondary N) is 1. The van der Waals surface area contributed by atoms with Crippen LogP contribution >= 0.6 is 0 Å². The van der Waals surface area contributed by atoms with Gasteiger partial charge in [0.05, 0.1) is 7.11 Å². The lowest BCUT2D eigenvalue weighted by molar-refractivity contribution is 0.414. The van der Waals surface area contributed by atoms with E-state index in [9.17, 15) is 0 Å². The first-order valence-electron chi connectivity index (χ1n) is 6.59. The Kier molecular flexibility index (Phi) is 4.58. The van der Waals surface area contributed by atoms with E-state index in [1.54, 1.807) is 7.11 Å². The second kappa shape index (κ2) is 6.39. The Labute approximate surface area is 115 Å². The van der Waals surface area contributed by atoms with Crippen LogP contribution in [0.3, 0.4) is 0 Å². The molecule has 0 amide bonds. The number of methoxy groups -OCH3 is 1.